The van der Waals surface area contributed by atoms with Crippen molar-refractivity contribution >= 4 is 44.7 Å². The van der Waals surface area contributed by atoms with Gasteiger partial charge < -0.3 is 10.7 Å². The van der Waals surface area contributed by atoms with Gasteiger partial charge in [0.2, 0.25) is 5.95 Å². The van der Waals surface area contributed by atoms with E-state index in [0.717, 1.165) is 26.4 Å². The highest BCUT2D eigenvalue weighted by atomic mass is 79.9. The molecule has 0 fully saturated rings. The summed E-state index contributed by atoms with van der Waals surface area (Å²) < 4.78 is 1.02. The number of hydrogen-bond donors (Lipinski definition) is 3. The number of aromatic amines is 2. The van der Waals surface area contributed by atoms with Crippen molar-refractivity contribution < 1.29 is 0 Å². The van der Waals surface area contributed by atoms with Gasteiger partial charge in [0.25, 0.3) is 5.56 Å². The number of benzene rings is 1. The van der Waals surface area contributed by atoms with Gasteiger partial charge in [0, 0.05) is 20.0 Å². The van der Waals surface area contributed by atoms with Crippen molar-refractivity contribution in [3.8, 4) is 0 Å². The summed E-state index contributed by atoms with van der Waals surface area (Å²) in [6.45, 7) is 2.04. The summed E-state index contributed by atoms with van der Waals surface area (Å²) in [7, 11) is 0. The van der Waals surface area contributed by atoms with Gasteiger partial charge in [-0.15, -0.1) is 0 Å². The number of hydrogen-bond acceptors (Lipinski definition) is 4. The van der Waals surface area contributed by atoms with Crippen LogP contribution < -0.4 is 11.3 Å². The van der Waals surface area contributed by atoms with Gasteiger partial charge in [0.05, 0.1) is 5.39 Å². The lowest BCUT2D eigenvalue weighted by molar-refractivity contribution is 1.03. The molecular formula is C14H13BrN4OS. The van der Waals surface area contributed by atoms with Crippen molar-refractivity contribution in [2.24, 2.45) is 0 Å². The van der Waals surface area contributed by atoms with Gasteiger partial charge in [-0.1, -0.05) is 34.6 Å². The van der Waals surface area contributed by atoms with Gasteiger partial charge in [0.1, 0.15) is 5.65 Å². The number of nitrogen functional groups attached to an aromatic ring is 1. The van der Waals surface area contributed by atoms with Crippen molar-refractivity contribution in [2.45, 2.75) is 23.1 Å². The molecule has 0 saturated carbocycles. The van der Waals surface area contributed by atoms with E-state index >= 15 is 0 Å². The predicted octanol–water partition coefficient (Wildman–Crippen LogP) is 3.31. The third kappa shape index (κ3) is 2.71. The number of aryl methyl sites for hydroxylation is 1. The Balaban J connectivity index is 2.16. The van der Waals surface area contributed by atoms with Gasteiger partial charge in [-0.2, -0.15) is 4.98 Å². The fourth-order valence-corrected chi connectivity index (χ4v) is 3.51. The number of nitrogens with two attached hydrogens (primary N) is 1. The van der Waals surface area contributed by atoms with E-state index in [4.69, 9.17) is 5.73 Å². The number of nitrogens with zero attached hydrogens (tertiary/aromatic N) is 1. The summed E-state index contributed by atoms with van der Waals surface area (Å²) >= 11 is 4.97. The number of nitrogens with one attached hydrogen (secondary N) is 2. The topological polar surface area (TPSA) is 87.6 Å². The van der Waals surface area contributed by atoms with E-state index in [9.17, 15) is 4.79 Å². The van der Waals surface area contributed by atoms with Crippen LogP contribution in [0.25, 0.3) is 11.0 Å². The summed E-state index contributed by atoms with van der Waals surface area (Å²) in [5, 5.41) is 0.564. The van der Waals surface area contributed by atoms with Gasteiger partial charge in [-0.05, 0) is 30.7 Å². The zero-order valence-corrected chi connectivity index (χ0v) is 13.6. The minimum atomic E-state index is -0.215. The molecule has 2 aromatic heterocycles. The van der Waals surface area contributed by atoms with Crippen LogP contribution in [0.15, 0.2) is 43.3 Å². The molecule has 7 heteroatoms. The van der Waals surface area contributed by atoms with Crippen LogP contribution in [-0.4, -0.2) is 15.0 Å². The second-order valence-electron chi connectivity index (χ2n) is 4.52. The van der Waals surface area contributed by atoms with Gasteiger partial charge >= 0.3 is 0 Å². The average Bonchev–Trinajstić information content (AvgIpc) is 2.79. The lowest BCUT2D eigenvalue weighted by atomic mass is 10.3. The molecular weight excluding hydrogens is 352 g/mol. The molecule has 1 aromatic carbocycles. The third-order valence-corrected chi connectivity index (χ3v) is 4.79. The van der Waals surface area contributed by atoms with E-state index in [0.29, 0.717) is 11.0 Å². The van der Waals surface area contributed by atoms with E-state index in [1.807, 2.05) is 31.2 Å². The Labute approximate surface area is 133 Å². The molecule has 0 spiro atoms. The first-order valence-electron chi connectivity index (χ1n) is 6.42. The normalized spacial score (nSPS) is 11.1. The van der Waals surface area contributed by atoms with Crippen molar-refractivity contribution in [3.05, 3.63) is 44.8 Å². The van der Waals surface area contributed by atoms with Crippen LogP contribution in [0.4, 0.5) is 5.95 Å². The number of anilines is 1. The van der Waals surface area contributed by atoms with Gasteiger partial charge in [-0.25, -0.2) is 0 Å². The molecule has 3 aromatic rings. The maximum Gasteiger partial charge on any atom is 0.262 e. The summed E-state index contributed by atoms with van der Waals surface area (Å²) in [5.74, 6) is 0.122. The second-order valence-corrected chi connectivity index (χ2v) is 6.52. The lowest BCUT2D eigenvalue weighted by Crippen LogP contribution is -2.10. The number of halogens is 1. The summed E-state index contributed by atoms with van der Waals surface area (Å²) in [6, 6.07) is 7.96. The van der Waals surface area contributed by atoms with E-state index < -0.39 is 0 Å². The van der Waals surface area contributed by atoms with Crippen LogP contribution in [-0.2, 0) is 6.42 Å². The standard InChI is InChI=1S/C14H13BrN4OS/c1-2-9-11(21-8-5-3-7(15)4-6-8)10-12(17-9)18-14(16)19-13(10)20/h3-6H,2H2,1H3,(H4,16,17,18,19,20). The van der Waals surface area contributed by atoms with Crippen LogP contribution in [0.2, 0.25) is 0 Å². The molecule has 4 N–H and O–H groups in total. The predicted molar refractivity (Wildman–Crippen MR) is 88.8 cm³/mol. The summed E-state index contributed by atoms with van der Waals surface area (Å²) in [6.07, 6.45) is 0.786. The number of aromatic nitrogens is 3. The van der Waals surface area contributed by atoms with Crippen LogP contribution in [0, 0.1) is 0 Å². The smallest absolute Gasteiger partial charge is 0.262 e. The molecule has 2 heterocycles. The summed E-state index contributed by atoms with van der Waals surface area (Å²) in [4.78, 5) is 24.1. The van der Waals surface area contributed by atoms with Crippen LogP contribution in [0.5, 0.6) is 0 Å². The van der Waals surface area contributed by atoms with E-state index in [-0.39, 0.29) is 11.5 Å². The maximum atomic E-state index is 12.2. The Bertz CT molecular complexity index is 854. The first kappa shape index (κ1) is 14.2. The van der Waals surface area contributed by atoms with Gasteiger partial charge in [0.15, 0.2) is 0 Å². The zero-order chi connectivity index (χ0) is 15.0. The molecule has 0 atom stereocenters. The first-order chi connectivity index (χ1) is 10.1. The maximum absolute atomic E-state index is 12.2. The fourth-order valence-electron chi connectivity index (χ4n) is 2.12. The van der Waals surface area contributed by atoms with Crippen molar-refractivity contribution in [3.63, 3.8) is 0 Å². The quantitative estimate of drug-likeness (QED) is 0.665. The molecule has 0 aliphatic heterocycles. The third-order valence-electron chi connectivity index (χ3n) is 3.10. The van der Waals surface area contributed by atoms with E-state index in [1.165, 1.54) is 0 Å². The summed E-state index contributed by atoms with van der Waals surface area (Å²) in [5.41, 5.74) is 6.90. The molecule has 108 valence electrons. The molecule has 3 rings (SSSR count). The van der Waals surface area contributed by atoms with Crippen LogP contribution in [0.3, 0.4) is 0 Å². The molecule has 0 aliphatic rings. The van der Waals surface area contributed by atoms with E-state index in [1.54, 1.807) is 11.8 Å². The zero-order valence-electron chi connectivity index (χ0n) is 11.2. The molecule has 0 amide bonds. The van der Waals surface area contributed by atoms with Crippen molar-refractivity contribution in [1.82, 2.24) is 15.0 Å². The highest BCUT2D eigenvalue weighted by Gasteiger charge is 2.16. The van der Waals surface area contributed by atoms with Crippen LogP contribution in [0.1, 0.15) is 12.6 Å². The Morgan fingerprint density at radius 3 is 2.67 bits per heavy atom. The minimum Gasteiger partial charge on any atom is -0.369 e. The Morgan fingerprint density at radius 1 is 1.29 bits per heavy atom. The first-order valence-corrected chi connectivity index (χ1v) is 8.03. The fraction of sp³-hybridized carbons (Fsp3) is 0.143. The molecule has 0 unspecified atom stereocenters. The van der Waals surface area contributed by atoms with Crippen molar-refractivity contribution in [2.75, 3.05) is 5.73 Å². The highest BCUT2D eigenvalue weighted by molar-refractivity contribution is 9.10. The highest BCUT2D eigenvalue weighted by Crippen LogP contribution is 2.35. The Morgan fingerprint density at radius 2 is 2.00 bits per heavy atom. The van der Waals surface area contributed by atoms with Gasteiger partial charge in [-0.3, -0.25) is 9.78 Å². The number of rotatable bonds is 3. The number of H-pyrrole nitrogens is 2. The Hall–Kier alpha value is -1.73. The average molecular weight is 365 g/mol. The minimum absolute atomic E-state index is 0.122. The monoisotopic (exact) mass is 364 g/mol. The molecule has 21 heavy (non-hydrogen) atoms. The molecule has 0 radical (unpaired) electrons. The lowest BCUT2D eigenvalue weighted by Gasteiger charge is -2.03. The molecule has 5 nitrogen and oxygen atoms in total. The van der Waals surface area contributed by atoms with E-state index in [2.05, 4.69) is 30.9 Å². The number of fused-ring (bicyclic) bond motifs is 1. The Kier molecular flexibility index (Phi) is 3.77. The van der Waals surface area contributed by atoms with Crippen LogP contribution >= 0.6 is 27.7 Å². The van der Waals surface area contributed by atoms with Crippen molar-refractivity contribution in [1.29, 1.82) is 0 Å². The molecule has 0 bridgehead atoms. The largest absolute Gasteiger partial charge is 0.369 e. The SMILES string of the molecule is CCc1[nH]c2nc(N)[nH]c(=O)c2c1Sc1ccc(Br)cc1. The molecule has 0 saturated heterocycles. The second kappa shape index (κ2) is 5.57. The molecule has 0 aliphatic carbocycles.